The van der Waals surface area contributed by atoms with Crippen LogP contribution in [0.25, 0.3) is 0 Å². The van der Waals surface area contributed by atoms with Crippen LogP contribution in [0.2, 0.25) is 0 Å². The molecule has 0 amide bonds. The normalized spacial score (nSPS) is 15.8. The lowest BCUT2D eigenvalue weighted by Gasteiger charge is -2.26. The van der Waals surface area contributed by atoms with Gasteiger partial charge in [0.15, 0.2) is 11.9 Å². The van der Waals surface area contributed by atoms with Gasteiger partial charge in [-0.1, -0.05) is 12.5 Å². The fraction of sp³-hybridized carbons (Fsp3) is 0.458. The van der Waals surface area contributed by atoms with Crippen LogP contribution in [0, 0.1) is 20.8 Å². The largest absolute Gasteiger partial charge is 0.451 e. The van der Waals surface area contributed by atoms with Gasteiger partial charge in [0.25, 0.3) is 0 Å². The number of aryl methyl sites for hydroxylation is 2. The van der Waals surface area contributed by atoms with Crippen LogP contribution in [0.4, 0.5) is 0 Å². The van der Waals surface area contributed by atoms with Gasteiger partial charge in [0.1, 0.15) is 0 Å². The summed E-state index contributed by atoms with van der Waals surface area (Å²) in [6, 6.07) is 4.37. The molecule has 3 rings (SSSR count). The minimum atomic E-state index is -3.73. The van der Waals surface area contributed by atoms with Gasteiger partial charge in [-0.2, -0.15) is 4.31 Å². The van der Waals surface area contributed by atoms with E-state index >= 15 is 0 Å². The van der Waals surface area contributed by atoms with Crippen LogP contribution < -0.4 is 0 Å². The Labute approximate surface area is 194 Å². The number of nitrogens with zero attached hydrogens (tertiary/aromatic N) is 1. The molecule has 1 saturated heterocycles. The first kappa shape index (κ1) is 24.9. The van der Waals surface area contributed by atoms with E-state index in [0.29, 0.717) is 35.5 Å². The van der Waals surface area contributed by atoms with Crippen LogP contribution in [0.5, 0.6) is 0 Å². The summed E-state index contributed by atoms with van der Waals surface area (Å²) in [5, 5.41) is 0. The van der Waals surface area contributed by atoms with E-state index < -0.39 is 27.9 Å². The van der Waals surface area contributed by atoms with Crippen molar-refractivity contribution < 1.29 is 27.5 Å². The zero-order valence-corrected chi connectivity index (χ0v) is 20.5. The van der Waals surface area contributed by atoms with Gasteiger partial charge in [-0.15, -0.1) is 0 Å². The van der Waals surface area contributed by atoms with E-state index in [-0.39, 0.29) is 21.9 Å². The Morgan fingerprint density at radius 2 is 1.70 bits per heavy atom. The monoisotopic (exact) mass is 474 g/mol. The van der Waals surface area contributed by atoms with Crippen molar-refractivity contribution in [2.75, 3.05) is 13.1 Å². The van der Waals surface area contributed by atoms with Crippen molar-refractivity contribution in [1.82, 2.24) is 9.29 Å². The van der Waals surface area contributed by atoms with Crippen LogP contribution in [-0.2, 0) is 14.8 Å². The number of ketones is 2. The molecule has 0 saturated carbocycles. The second-order valence-electron chi connectivity index (χ2n) is 8.54. The molecule has 33 heavy (non-hydrogen) atoms. The topological polar surface area (TPSA) is 114 Å². The molecule has 2 heterocycles. The first-order valence-electron chi connectivity index (χ1n) is 11.0. The van der Waals surface area contributed by atoms with E-state index in [1.54, 1.807) is 26.8 Å². The SMILES string of the molecule is CC(=O)c1c(C)[nH]c(C(=O)C(C)OC(=O)c2ccc(C)c(S(=O)(=O)N3CCCCC3)c2)c1C. The van der Waals surface area contributed by atoms with Crippen molar-refractivity contribution in [2.24, 2.45) is 0 Å². The maximum atomic E-state index is 13.1. The highest BCUT2D eigenvalue weighted by Gasteiger charge is 2.30. The average molecular weight is 475 g/mol. The number of hydrogen-bond donors (Lipinski definition) is 1. The molecular weight excluding hydrogens is 444 g/mol. The summed E-state index contributed by atoms with van der Waals surface area (Å²) >= 11 is 0. The van der Waals surface area contributed by atoms with E-state index in [9.17, 15) is 22.8 Å². The first-order valence-corrected chi connectivity index (χ1v) is 12.4. The zero-order chi connectivity index (χ0) is 24.5. The second-order valence-corrected chi connectivity index (χ2v) is 10.4. The Morgan fingerprint density at radius 1 is 1.06 bits per heavy atom. The Hall–Kier alpha value is -2.78. The number of Topliss-reactive ketones (excluding diaryl/α,β-unsaturated/α-hetero) is 2. The minimum absolute atomic E-state index is 0.0552. The molecule has 0 aliphatic carbocycles. The van der Waals surface area contributed by atoms with E-state index in [1.807, 2.05) is 0 Å². The van der Waals surface area contributed by atoms with Crippen LogP contribution >= 0.6 is 0 Å². The molecule has 1 atom stereocenters. The number of carbonyl (C=O) groups is 3. The molecule has 0 bridgehead atoms. The smallest absolute Gasteiger partial charge is 0.338 e. The number of ether oxygens (including phenoxy) is 1. The molecule has 1 aliphatic heterocycles. The molecule has 1 fully saturated rings. The summed E-state index contributed by atoms with van der Waals surface area (Å²) in [5.41, 5.74) is 2.35. The second kappa shape index (κ2) is 9.61. The number of H-pyrrole nitrogens is 1. The molecule has 1 aromatic carbocycles. The number of aromatic nitrogens is 1. The van der Waals surface area contributed by atoms with Crippen LogP contribution in [0.3, 0.4) is 0 Å². The number of piperidine rings is 1. The number of nitrogens with one attached hydrogen (secondary N) is 1. The van der Waals surface area contributed by atoms with Gasteiger partial charge >= 0.3 is 5.97 Å². The molecule has 9 heteroatoms. The summed E-state index contributed by atoms with van der Waals surface area (Å²) in [4.78, 5) is 40.5. The fourth-order valence-corrected chi connectivity index (χ4v) is 6.03. The lowest BCUT2D eigenvalue weighted by molar-refractivity contribution is 0.0316. The summed E-state index contributed by atoms with van der Waals surface area (Å²) in [6.07, 6.45) is 1.49. The van der Waals surface area contributed by atoms with E-state index in [2.05, 4.69) is 4.98 Å². The predicted octanol–water partition coefficient (Wildman–Crippen LogP) is 3.75. The molecule has 0 radical (unpaired) electrons. The lowest BCUT2D eigenvalue weighted by atomic mass is 10.0. The number of sulfonamides is 1. The zero-order valence-electron chi connectivity index (χ0n) is 19.6. The quantitative estimate of drug-likeness (QED) is 0.483. The van der Waals surface area contributed by atoms with E-state index in [4.69, 9.17) is 4.74 Å². The van der Waals surface area contributed by atoms with Crippen LogP contribution in [0.15, 0.2) is 23.1 Å². The molecule has 8 nitrogen and oxygen atoms in total. The number of aromatic amines is 1. The maximum Gasteiger partial charge on any atom is 0.338 e. The molecule has 1 aliphatic rings. The van der Waals surface area contributed by atoms with Gasteiger partial charge < -0.3 is 9.72 Å². The third-order valence-electron chi connectivity index (χ3n) is 6.05. The summed E-state index contributed by atoms with van der Waals surface area (Å²) in [5.74, 6) is -1.42. The van der Waals surface area contributed by atoms with Crippen molar-refractivity contribution in [3.8, 4) is 0 Å². The maximum absolute atomic E-state index is 13.1. The molecule has 0 spiro atoms. The Morgan fingerprint density at radius 3 is 2.27 bits per heavy atom. The van der Waals surface area contributed by atoms with Gasteiger partial charge in [0.05, 0.1) is 16.2 Å². The van der Waals surface area contributed by atoms with Crippen LogP contribution in [0.1, 0.15) is 81.1 Å². The summed E-state index contributed by atoms with van der Waals surface area (Å²) < 4.78 is 33.0. The summed E-state index contributed by atoms with van der Waals surface area (Å²) in [7, 11) is -3.73. The van der Waals surface area contributed by atoms with E-state index in [0.717, 1.165) is 19.3 Å². The van der Waals surface area contributed by atoms with Gasteiger partial charge in [0.2, 0.25) is 15.8 Å². The third kappa shape index (κ3) is 4.94. The van der Waals surface area contributed by atoms with E-state index in [1.165, 1.54) is 30.3 Å². The molecule has 1 unspecified atom stereocenters. The molecule has 1 aromatic heterocycles. The molecule has 178 valence electrons. The number of benzene rings is 1. The number of esters is 1. The Kier molecular flexibility index (Phi) is 7.23. The van der Waals surface area contributed by atoms with Crippen molar-refractivity contribution in [2.45, 2.75) is 64.9 Å². The average Bonchev–Trinajstić information content (AvgIpc) is 3.07. The number of rotatable bonds is 7. The summed E-state index contributed by atoms with van der Waals surface area (Å²) in [6.45, 7) is 8.84. The fourth-order valence-electron chi connectivity index (χ4n) is 4.26. The number of carbonyl (C=O) groups excluding carboxylic acids is 3. The predicted molar refractivity (Wildman–Crippen MR) is 123 cm³/mol. The molecular formula is C24H30N2O6S. The Balaban J connectivity index is 1.82. The number of hydrogen-bond acceptors (Lipinski definition) is 6. The van der Waals surface area contributed by atoms with Crippen molar-refractivity contribution in [3.05, 3.63) is 51.8 Å². The Bertz CT molecular complexity index is 1210. The van der Waals surface area contributed by atoms with Crippen molar-refractivity contribution in [1.29, 1.82) is 0 Å². The van der Waals surface area contributed by atoms with Crippen LogP contribution in [-0.4, -0.2) is 54.4 Å². The van der Waals surface area contributed by atoms with Gasteiger partial charge in [-0.25, -0.2) is 13.2 Å². The highest BCUT2D eigenvalue weighted by Crippen LogP contribution is 2.25. The van der Waals surface area contributed by atoms with Crippen molar-refractivity contribution >= 4 is 27.6 Å². The highest BCUT2D eigenvalue weighted by molar-refractivity contribution is 7.89. The minimum Gasteiger partial charge on any atom is -0.451 e. The van der Waals surface area contributed by atoms with Gasteiger partial charge in [-0.05, 0) is 70.7 Å². The molecule has 1 N–H and O–H groups in total. The first-order chi connectivity index (χ1) is 15.4. The highest BCUT2D eigenvalue weighted by atomic mass is 32.2. The standard InChI is InChI=1S/C24H30N2O6S/c1-14-9-10-19(13-20(14)33(30,31)26-11-7-6-8-12-26)24(29)32-18(5)23(28)22-15(2)21(17(4)27)16(3)25-22/h9-10,13,18,25H,6-8,11-12H2,1-5H3. The van der Waals surface area contributed by atoms with Crippen molar-refractivity contribution in [3.63, 3.8) is 0 Å². The third-order valence-corrected chi connectivity index (χ3v) is 8.09. The lowest BCUT2D eigenvalue weighted by Crippen LogP contribution is -2.36. The van der Waals surface area contributed by atoms with Gasteiger partial charge in [-0.3, -0.25) is 9.59 Å². The molecule has 2 aromatic rings. The van der Waals surface area contributed by atoms with Gasteiger partial charge in [0, 0.05) is 24.3 Å².